The second-order valence-electron chi connectivity index (χ2n) is 4.76. The predicted octanol–water partition coefficient (Wildman–Crippen LogP) is 1.08. The van der Waals surface area contributed by atoms with Crippen LogP contribution in [0.1, 0.15) is 19.8 Å². The predicted molar refractivity (Wildman–Crippen MR) is 77.5 cm³/mol. The smallest absolute Gasteiger partial charge is 0.306 e. The van der Waals surface area contributed by atoms with E-state index in [-0.39, 0.29) is 23.6 Å². The third-order valence-corrected chi connectivity index (χ3v) is 4.75. The summed E-state index contributed by atoms with van der Waals surface area (Å²) in [6, 6.07) is 7.94. The van der Waals surface area contributed by atoms with Crippen LogP contribution in [0.2, 0.25) is 0 Å². The van der Waals surface area contributed by atoms with Gasteiger partial charge in [0.2, 0.25) is 5.91 Å². The highest BCUT2D eigenvalue weighted by Crippen LogP contribution is 2.11. The lowest BCUT2D eigenvalue weighted by molar-refractivity contribution is -0.141. The molecule has 0 bridgehead atoms. The Hall–Kier alpha value is -1.89. The Balaban J connectivity index is 2.38. The van der Waals surface area contributed by atoms with Crippen LogP contribution >= 0.6 is 0 Å². The number of rotatable bonds is 8. The minimum atomic E-state index is -3.47. The summed E-state index contributed by atoms with van der Waals surface area (Å²) in [5.41, 5.74) is 0. The number of carbonyl (C=O) groups excluding carboxylic acids is 1. The van der Waals surface area contributed by atoms with E-state index in [2.05, 4.69) is 5.32 Å². The van der Waals surface area contributed by atoms with Gasteiger partial charge >= 0.3 is 5.97 Å². The van der Waals surface area contributed by atoms with Gasteiger partial charge in [-0.15, -0.1) is 0 Å². The minimum absolute atomic E-state index is 0.140. The van der Waals surface area contributed by atoms with Gasteiger partial charge < -0.3 is 10.4 Å². The Morgan fingerprint density at radius 2 is 1.86 bits per heavy atom. The van der Waals surface area contributed by atoms with Crippen molar-refractivity contribution >= 4 is 21.7 Å². The van der Waals surface area contributed by atoms with Crippen molar-refractivity contribution in [1.82, 2.24) is 5.32 Å². The summed E-state index contributed by atoms with van der Waals surface area (Å²) < 4.78 is 23.9. The Morgan fingerprint density at radius 1 is 1.24 bits per heavy atom. The number of carboxylic acid groups (broad SMARTS) is 1. The minimum Gasteiger partial charge on any atom is -0.481 e. The number of hydrogen-bond donors (Lipinski definition) is 2. The highest BCUT2D eigenvalue weighted by atomic mass is 32.2. The van der Waals surface area contributed by atoms with Gasteiger partial charge in [0, 0.05) is 13.0 Å². The van der Waals surface area contributed by atoms with Gasteiger partial charge in [-0.3, -0.25) is 9.59 Å². The number of nitrogens with one attached hydrogen (secondary N) is 1. The van der Waals surface area contributed by atoms with E-state index in [9.17, 15) is 18.0 Å². The number of carboxylic acids is 1. The second-order valence-corrected chi connectivity index (χ2v) is 6.87. The topological polar surface area (TPSA) is 101 Å². The number of aliphatic carboxylic acids is 1. The van der Waals surface area contributed by atoms with E-state index in [4.69, 9.17) is 5.11 Å². The van der Waals surface area contributed by atoms with Gasteiger partial charge in [-0.2, -0.15) is 0 Å². The summed E-state index contributed by atoms with van der Waals surface area (Å²) in [6.45, 7) is 1.77. The van der Waals surface area contributed by atoms with Crippen LogP contribution in [0.3, 0.4) is 0 Å². The summed E-state index contributed by atoms with van der Waals surface area (Å²) in [6.07, 6.45) is 0.172. The molecule has 116 valence electrons. The van der Waals surface area contributed by atoms with E-state index in [1.807, 2.05) is 0 Å². The van der Waals surface area contributed by atoms with Crippen LogP contribution in [0.4, 0.5) is 0 Å². The maximum atomic E-state index is 12.0. The first-order valence-electron chi connectivity index (χ1n) is 6.60. The quantitative estimate of drug-likeness (QED) is 0.748. The molecule has 0 saturated carbocycles. The van der Waals surface area contributed by atoms with Crippen molar-refractivity contribution in [3.63, 3.8) is 0 Å². The molecule has 1 atom stereocenters. The zero-order valence-corrected chi connectivity index (χ0v) is 12.6. The normalized spacial score (nSPS) is 12.6. The van der Waals surface area contributed by atoms with Gasteiger partial charge in [-0.05, 0) is 18.6 Å². The van der Waals surface area contributed by atoms with Crippen LogP contribution in [-0.2, 0) is 19.4 Å². The molecule has 2 N–H and O–H groups in total. The third-order valence-electron chi connectivity index (χ3n) is 3.02. The van der Waals surface area contributed by atoms with Gasteiger partial charge in [0.15, 0.2) is 9.84 Å². The lowest BCUT2D eigenvalue weighted by Crippen LogP contribution is -2.28. The molecule has 1 amide bonds. The van der Waals surface area contributed by atoms with Crippen LogP contribution in [-0.4, -0.2) is 37.7 Å². The summed E-state index contributed by atoms with van der Waals surface area (Å²) in [5, 5.41) is 11.2. The number of benzene rings is 1. The summed E-state index contributed by atoms with van der Waals surface area (Å²) in [4.78, 5) is 22.3. The molecular formula is C14H19NO5S. The van der Waals surface area contributed by atoms with E-state index in [1.54, 1.807) is 25.1 Å². The Kier molecular flexibility index (Phi) is 6.36. The molecule has 1 aromatic rings. The standard InChI is InChI=1S/C14H19NO5S/c1-11(14(17)18)7-9-15-13(16)8-10-21(19,20)12-5-3-2-4-6-12/h2-6,11H,7-10H2,1H3,(H,15,16)(H,17,18). The number of carbonyl (C=O) groups is 2. The fraction of sp³-hybridized carbons (Fsp3) is 0.429. The first-order valence-corrected chi connectivity index (χ1v) is 8.25. The fourth-order valence-corrected chi connectivity index (χ4v) is 2.87. The van der Waals surface area contributed by atoms with Gasteiger partial charge in [0.05, 0.1) is 16.6 Å². The Bertz CT molecular complexity index is 583. The lowest BCUT2D eigenvalue weighted by atomic mass is 10.1. The van der Waals surface area contributed by atoms with E-state index in [0.29, 0.717) is 6.42 Å². The Morgan fingerprint density at radius 3 is 2.43 bits per heavy atom. The number of sulfone groups is 1. The van der Waals surface area contributed by atoms with Crippen LogP contribution < -0.4 is 5.32 Å². The van der Waals surface area contributed by atoms with Crippen LogP contribution in [0, 0.1) is 5.92 Å². The SMILES string of the molecule is CC(CCNC(=O)CCS(=O)(=O)c1ccccc1)C(=O)O. The van der Waals surface area contributed by atoms with Crippen LogP contribution in [0.5, 0.6) is 0 Å². The molecule has 0 aliphatic carbocycles. The average Bonchev–Trinajstić information content (AvgIpc) is 2.46. The highest BCUT2D eigenvalue weighted by Gasteiger charge is 2.16. The molecule has 21 heavy (non-hydrogen) atoms. The molecule has 6 nitrogen and oxygen atoms in total. The molecule has 0 aliphatic heterocycles. The first-order chi connectivity index (χ1) is 9.83. The molecule has 0 fully saturated rings. The zero-order valence-electron chi connectivity index (χ0n) is 11.8. The molecule has 0 heterocycles. The monoisotopic (exact) mass is 313 g/mol. The maximum Gasteiger partial charge on any atom is 0.306 e. The van der Waals surface area contributed by atoms with E-state index >= 15 is 0 Å². The van der Waals surface area contributed by atoms with E-state index in [0.717, 1.165) is 0 Å². The number of hydrogen-bond acceptors (Lipinski definition) is 4. The molecule has 1 unspecified atom stereocenters. The van der Waals surface area contributed by atoms with E-state index < -0.39 is 27.6 Å². The van der Waals surface area contributed by atoms with Gasteiger partial charge in [0.1, 0.15) is 0 Å². The van der Waals surface area contributed by atoms with Crippen molar-refractivity contribution in [3.05, 3.63) is 30.3 Å². The van der Waals surface area contributed by atoms with Crippen molar-refractivity contribution in [2.45, 2.75) is 24.7 Å². The molecule has 0 aliphatic rings. The lowest BCUT2D eigenvalue weighted by Gasteiger charge is -2.08. The van der Waals surface area contributed by atoms with Crippen LogP contribution in [0.15, 0.2) is 35.2 Å². The largest absolute Gasteiger partial charge is 0.481 e. The third kappa shape index (κ3) is 5.95. The molecule has 0 spiro atoms. The first kappa shape index (κ1) is 17.2. The average molecular weight is 313 g/mol. The van der Waals surface area contributed by atoms with Gasteiger partial charge in [-0.1, -0.05) is 25.1 Å². The molecule has 0 saturated heterocycles. The fourth-order valence-electron chi connectivity index (χ4n) is 1.61. The van der Waals surface area contributed by atoms with Crippen molar-refractivity contribution in [2.24, 2.45) is 5.92 Å². The molecule has 0 radical (unpaired) electrons. The van der Waals surface area contributed by atoms with E-state index in [1.165, 1.54) is 12.1 Å². The van der Waals surface area contributed by atoms with Crippen molar-refractivity contribution in [3.8, 4) is 0 Å². The van der Waals surface area contributed by atoms with Crippen LogP contribution in [0.25, 0.3) is 0 Å². The van der Waals surface area contributed by atoms with Gasteiger partial charge in [-0.25, -0.2) is 8.42 Å². The Labute approximate surface area is 124 Å². The molecule has 1 rings (SSSR count). The number of amides is 1. The van der Waals surface area contributed by atoms with Crippen molar-refractivity contribution < 1.29 is 23.1 Å². The summed E-state index contributed by atoms with van der Waals surface area (Å²) >= 11 is 0. The summed E-state index contributed by atoms with van der Waals surface area (Å²) in [7, 11) is -3.47. The van der Waals surface area contributed by atoms with Gasteiger partial charge in [0.25, 0.3) is 0 Å². The molecular weight excluding hydrogens is 294 g/mol. The second kappa shape index (κ2) is 7.78. The highest BCUT2D eigenvalue weighted by molar-refractivity contribution is 7.91. The van der Waals surface area contributed by atoms with Crippen molar-refractivity contribution in [1.29, 1.82) is 0 Å². The maximum absolute atomic E-state index is 12.0. The molecule has 1 aromatic carbocycles. The molecule has 0 aromatic heterocycles. The van der Waals surface area contributed by atoms with Crippen molar-refractivity contribution in [2.75, 3.05) is 12.3 Å². The summed E-state index contributed by atoms with van der Waals surface area (Å²) in [5.74, 6) is -2.13. The zero-order chi connectivity index (χ0) is 15.9. The molecule has 7 heteroatoms.